The molecule has 3 aromatic rings. The van der Waals surface area contributed by atoms with E-state index in [4.69, 9.17) is 0 Å². The van der Waals surface area contributed by atoms with Gasteiger partial charge in [0, 0.05) is 56.0 Å². The van der Waals surface area contributed by atoms with Crippen LogP contribution < -0.4 is 10.5 Å². The number of pyridine rings is 2. The number of aromatic nitrogens is 2. The number of anilines is 1. The molecule has 1 aromatic carbocycles. The van der Waals surface area contributed by atoms with E-state index in [9.17, 15) is 18.8 Å². The van der Waals surface area contributed by atoms with Crippen molar-refractivity contribution in [3.05, 3.63) is 69.6 Å². The van der Waals surface area contributed by atoms with Crippen molar-refractivity contribution in [3.63, 3.8) is 0 Å². The Hall–Kier alpha value is -3.31. The highest BCUT2D eigenvalue weighted by Gasteiger charge is 2.35. The van der Waals surface area contributed by atoms with E-state index < -0.39 is 11.6 Å². The van der Waals surface area contributed by atoms with Crippen LogP contribution in [0, 0.1) is 23.0 Å². The van der Waals surface area contributed by atoms with E-state index in [0.717, 1.165) is 12.5 Å². The SMILES string of the molecule is CC[C@H]1CN(C(C)c2ccc(F)cc2F)[C@H](C)CN1c1cc(=O)n(C)c2ccc(C#N)nc12. The average Bonchev–Trinajstić information content (AvgIpc) is 2.80. The average molecular weight is 452 g/mol. The van der Waals surface area contributed by atoms with Crippen molar-refractivity contribution in [2.24, 2.45) is 7.05 Å². The summed E-state index contributed by atoms with van der Waals surface area (Å²) in [7, 11) is 1.69. The van der Waals surface area contributed by atoms with E-state index in [1.165, 1.54) is 16.7 Å². The van der Waals surface area contributed by atoms with Crippen LogP contribution in [0.3, 0.4) is 0 Å². The zero-order valence-corrected chi connectivity index (χ0v) is 19.2. The van der Waals surface area contributed by atoms with E-state index in [1.807, 2.05) is 6.92 Å². The first-order valence-corrected chi connectivity index (χ1v) is 11.1. The highest BCUT2D eigenvalue weighted by Crippen LogP contribution is 2.34. The van der Waals surface area contributed by atoms with Gasteiger partial charge in [-0.1, -0.05) is 13.0 Å². The van der Waals surface area contributed by atoms with Gasteiger partial charge in [0.15, 0.2) is 0 Å². The van der Waals surface area contributed by atoms with Crippen molar-refractivity contribution in [3.8, 4) is 6.07 Å². The van der Waals surface area contributed by atoms with Crippen LogP contribution in [0.25, 0.3) is 11.0 Å². The van der Waals surface area contributed by atoms with Gasteiger partial charge >= 0.3 is 0 Å². The zero-order chi connectivity index (χ0) is 23.9. The maximum Gasteiger partial charge on any atom is 0.252 e. The topological polar surface area (TPSA) is 65.2 Å². The van der Waals surface area contributed by atoms with Gasteiger partial charge in [-0.2, -0.15) is 5.26 Å². The van der Waals surface area contributed by atoms with Gasteiger partial charge in [0.05, 0.1) is 11.2 Å². The predicted octanol–water partition coefficient (Wildman–Crippen LogP) is 4.13. The normalized spacial score (nSPS) is 20.1. The Morgan fingerprint density at radius 1 is 1.21 bits per heavy atom. The summed E-state index contributed by atoms with van der Waals surface area (Å²) in [6, 6.07) is 10.6. The molecular weight excluding hydrogens is 424 g/mol. The fourth-order valence-corrected chi connectivity index (χ4v) is 4.86. The molecule has 1 aliphatic heterocycles. The standard InChI is InChI=1S/C25H27F2N5O/c1-5-19-14-31(16(3)20-8-6-17(26)10-21(20)27)15(2)13-32(19)23-11-24(33)30(4)22-9-7-18(12-28)29-25(22)23/h6-11,15-16,19H,5,13-14H2,1-4H3/t15-,16?,19+/m1/s1. The summed E-state index contributed by atoms with van der Waals surface area (Å²) in [5.74, 6) is -1.13. The molecule has 0 saturated carbocycles. The zero-order valence-electron chi connectivity index (χ0n) is 19.2. The molecule has 1 unspecified atom stereocenters. The molecule has 3 heterocycles. The second-order valence-electron chi connectivity index (χ2n) is 8.70. The third-order valence-electron chi connectivity index (χ3n) is 6.76. The lowest BCUT2D eigenvalue weighted by Gasteiger charge is -2.48. The molecule has 0 radical (unpaired) electrons. The van der Waals surface area contributed by atoms with Gasteiger partial charge in [-0.3, -0.25) is 9.69 Å². The van der Waals surface area contributed by atoms with Crippen molar-refractivity contribution in [1.82, 2.24) is 14.5 Å². The van der Waals surface area contributed by atoms with E-state index in [2.05, 4.69) is 34.7 Å². The van der Waals surface area contributed by atoms with Crippen molar-refractivity contribution in [2.75, 3.05) is 18.0 Å². The molecule has 0 amide bonds. The van der Waals surface area contributed by atoms with Gasteiger partial charge in [-0.25, -0.2) is 13.8 Å². The second-order valence-corrected chi connectivity index (χ2v) is 8.70. The Balaban J connectivity index is 1.73. The quantitative estimate of drug-likeness (QED) is 0.597. The fourth-order valence-electron chi connectivity index (χ4n) is 4.86. The lowest BCUT2D eigenvalue weighted by molar-refractivity contribution is 0.112. The molecule has 3 atom stereocenters. The van der Waals surface area contributed by atoms with Crippen LogP contribution in [-0.2, 0) is 7.05 Å². The van der Waals surface area contributed by atoms with Crippen molar-refractivity contribution in [1.29, 1.82) is 5.26 Å². The van der Waals surface area contributed by atoms with Gasteiger partial charge in [0.1, 0.15) is 28.9 Å². The molecule has 1 aliphatic rings. The van der Waals surface area contributed by atoms with Crippen LogP contribution in [0.1, 0.15) is 44.5 Å². The van der Waals surface area contributed by atoms with E-state index in [1.54, 1.807) is 25.2 Å². The minimum atomic E-state index is -0.588. The number of halogens is 2. The Bertz CT molecular complexity index is 1300. The number of aryl methyl sites for hydroxylation is 1. The summed E-state index contributed by atoms with van der Waals surface area (Å²) in [4.78, 5) is 21.6. The number of nitriles is 1. The molecule has 0 bridgehead atoms. The molecule has 8 heteroatoms. The third-order valence-corrected chi connectivity index (χ3v) is 6.76. The van der Waals surface area contributed by atoms with Crippen LogP contribution in [0.2, 0.25) is 0 Å². The number of hydrogen-bond donors (Lipinski definition) is 0. The first kappa shape index (κ1) is 22.9. The number of benzene rings is 1. The minimum Gasteiger partial charge on any atom is -0.364 e. The van der Waals surface area contributed by atoms with Crippen LogP contribution in [0.15, 0.2) is 41.2 Å². The van der Waals surface area contributed by atoms with Crippen molar-refractivity contribution < 1.29 is 8.78 Å². The molecule has 6 nitrogen and oxygen atoms in total. The minimum absolute atomic E-state index is 0.0329. The van der Waals surface area contributed by atoms with Gasteiger partial charge in [-0.05, 0) is 38.5 Å². The Morgan fingerprint density at radius 3 is 2.64 bits per heavy atom. The first-order valence-electron chi connectivity index (χ1n) is 11.1. The highest BCUT2D eigenvalue weighted by atomic mass is 19.1. The number of fused-ring (bicyclic) bond motifs is 1. The molecule has 1 fully saturated rings. The Kier molecular flexibility index (Phi) is 6.17. The number of nitrogens with zero attached hydrogens (tertiary/aromatic N) is 5. The molecule has 172 valence electrons. The van der Waals surface area contributed by atoms with Gasteiger partial charge < -0.3 is 9.47 Å². The monoisotopic (exact) mass is 451 g/mol. The Morgan fingerprint density at radius 2 is 1.97 bits per heavy atom. The number of piperazine rings is 1. The van der Waals surface area contributed by atoms with Gasteiger partial charge in [0.25, 0.3) is 5.56 Å². The molecule has 1 saturated heterocycles. The first-order chi connectivity index (χ1) is 15.7. The van der Waals surface area contributed by atoms with Crippen molar-refractivity contribution in [2.45, 2.75) is 45.3 Å². The number of rotatable bonds is 4. The predicted molar refractivity (Wildman–Crippen MR) is 124 cm³/mol. The lowest BCUT2D eigenvalue weighted by atomic mass is 9.98. The van der Waals surface area contributed by atoms with Gasteiger partial charge in [-0.15, -0.1) is 0 Å². The summed E-state index contributed by atoms with van der Waals surface area (Å²) in [6.07, 6.45) is 0.802. The van der Waals surface area contributed by atoms with Crippen LogP contribution >= 0.6 is 0 Å². The smallest absolute Gasteiger partial charge is 0.252 e. The second kappa shape index (κ2) is 8.91. The van der Waals surface area contributed by atoms with E-state index >= 15 is 0 Å². The molecule has 0 N–H and O–H groups in total. The summed E-state index contributed by atoms with van der Waals surface area (Å²) >= 11 is 0. The van der Waals surface area contributed by atoms with Crippen LogP contribution in [0.5, 0.6) is 0 Å². The molecule has 0 spiro atoms. The molecular formula is C25H27F2N5O. The maximum atomic E-state index is 14.5. The Labute approximate surface area is 191 Å². The third kappa shape index (κ3) is 4.09. The fraction of sp³-hybridized carbons (Fsp3) is 0.400. The molecule has 4 rings (SSSR count). The van der Waals surface area contributed by atoms with Crippen LogP contribution in [-0.4, -0.2) is 39.6 Å². The number of hydrogen-bond acceptors (Lipinski definition) is 5. The van der Waals surface area contributed by atoms with Crippen LogP contribution in [0.4, 0.5) is 14.5 Å². The van der Waals surface area contributed by atoms with Crippen molar-refractivity contribution >= 4 is 16.7 Å². The summed E-state index contributed by atoms with van der Waals surface area (Å²) in [6.45, 7) is 7.32. The molecule has 0 aliphatic carbocycles. The molecule has 2 aromatic heterocycles. The highest BCUT2D eigenvalue weighted by molar-refractivity contribution is 5.89. The summed E-state index contributed by atoms with van der Waals surface area (Å²) in [5, 5.41) is 9.35. The summed E-state index contributed by atoms with van der Waals surface area (Å²) in [5.41, 5.74) is 2.62. The maximum absolute atomic E-state index is 14.5. The largest absolute Gasteiger partial charge is 0.364 e. The molecule has 33 heavy (non-hydrogen) atoms. The lowest BCUT2D eigenvalue weighted by Crippen LogP contribution is -2.58. The van der Waals surface area contributed by atoms with E-state index in [-0.39, 0.29) is 23.7 Å². The van der Waals surface area contributed by atoms with Gasteiger partial charge in [0.2, 0.25) is 0 Å². The van der Waals surface area contributed by atoms with E-state index in [0.29, 0.717) is 41.1 Å². The summed E-state index contributed by atoms with van der Waals surface area (Å²) < 4.78 is 29.4.